The molecule has 1 rings (SSSR count). The van der Waals surface area contributed by atoms with Crippen LogP contribution in [0.2, 0.25) is 0 Å². The van der Waals surface area contributed by atoms with Gasteiger partial charge in [0.15, 0.2) is 5.96 Å². The molecule has 0 aromatic heterocycles. The van der Waals surface area contributed by atoms with E-state index in [0.29, 0.717) is 0 Å². The lowest BCUT2D eigenvalue weighted by molar-refractivity contribution is -0.145. The van der Waals surface area contributed by atoms with Crippen molar-refractivity contribution in [3.05, 3.63) is 0 Å². The smallest absolute Gasteiger partial charge is 0.326 e. The number of carboxylic acid groups (broad SMARTS) is 5. The van der Waals surface area contributed by atoms with Gasteiger partial charge in [0.05, 0.1) is 25.0 Å². The molecule has 116 heavy (non-hydrogen) atoms. The lowest BCUT2D eigenvalue weighted by Crippen LogP contribution is -2.62. The number of aliphatic hydroxyl groups is 1. The van der Waals surface area contributed by atoms with E-state index in [2.05, 4.69) is 94.1 Å². The molecule has 1 aliphatic heterocycles. The molecule has 1 saturated heterocycles. The molecule has 0 saturated carbocycles. The third-order valence-electron chi connectivity index (χ3n) is 17.6. The summed E-state index contributed by atoms with van der Waals surface area (Å²) in [6.07, 6.45) is -8.51. The van der Waals surface area contributed by atoms with Gasteiger partial charge in [0.1, 0.15) is 84.6 Å². The van der Waals surface area contributed by atoms with E-state index in [-0.39, 0.29) is 93.8 Å². The van der Waals surface area contributed by atoms with E-state index >= 15 is 0 Å². The van der Waals surface area contributed by atoms with E-state index in [1.807, 2.05) is 5.32 Å². The fraction of sp³-hybridized carbons (Fsp3) is 0.696. The summed E-state index contributed by atoms with van der Waals surface area (Å²) in [6, 6.07) is -24.9. The van der Waals surface area contributed by atoms with Crippen LogP contribution in [0, 0.1) is 23.7 Å². The molecule has 0 radical (unpaired) electrons. The van der Waals surface area contributed by atoms with Crippen LogP contribution in [-0.2, 0) is 95.9 Å². The Labute approximate surface area is 679 Å². The second-order valence-electron chi connectivity index (χ2n) is 29.2. The van der Waals surface area contributed by atoms with Crippen LogP contribution in [0.5, 0.6) is 0 Å². The van der Waals surface area contributed by atoms with Crippen LogP contribution in [-0.4, -0.2) is 281 Å². The van der Waals surface area contributed by atoms with Crippen molar-refractivity contribution in [1.82, 2.24) is 74.0 Å². The molecule has 0 unspecified atom stereocenters. The number of aliphatic carboxylic acids is 5. The first-order valence-corrected chi connectivity index (χ1v) is 38.6. The minimum atomic E-state index is -2.23. The molecule has 0 aliphatic carbocycles. The number of aliphatic imine (C=N–C) groups is 1. The number of rotatable bonds is 54. The number of carbonyl (C=O) groups excluding carboxylic acids is 15. The van der Waals surface area contributed by atoms with Crippen LogP contribution < -0.4 is 92.1 Å². The Morgan fingerprint density at radius 2 is 0.784 bits per heavy atom. The number of carbonyl (C=O) groups is 20. The van der Waals surface area contributed by atoms with Crippen LogP contribution in [0.25, 0.3) is 0 Å². The highest BCUT2D eigenvalue weighted by atomic mass is 32.1. The molecule has 47 heteroatoms. The molecule has 45 nitrogen and oxygen atoms in total. The minimum absolute atomic E-state index is 0.0199. The monoisotopic (exact) mass is 1690 g/mol. The van der Waals surface area contributed by atoms with E-state index < -0.39 is 266 Å². The molecule has 0 spiro atoms. The van der Waals surface area contributed by atoms with Crippen molar-refractivity contribution in [3.63, 3.8) is 0 Å². The molecule has 1 aliphatic rings. The number of hydrogen-bond acceptors (Lipinski definition) is 25. The summed E-state index contributed by atoms with van der Waals surface area (Å²) in [6.45, 7) is 14.4. The summed E-state index contributed by atoms with van der Waals surface area (Å²) in [4.78, 5) is 271. The third-order valence-corrected chi connectivity index (χ3v) is 18.4. The van der Waals surface area contributed by atoms with E-state index in [1.54, 1.807) is 27.7 Å². The van der Waals surface area contributed by atoms with E-state index in [4.69, 9.17) is 22.9 Å². The Morgan fingerprint density at radius 1 is 0.414 bits per heavy atom. The van der Waals surface area contributed by atoms with Crippen molar-refractivity contribution >= 4 is 150 Å². The molecule has 27 N–H and O–H groups in total. The Hall–Kier alpha value is -10.7. The van der Waals surface area contributed by atoms with Crippen molar-refractivity contribution < 1.29 is 127 Å². The SMILES string of the molecule is CC(C)C[C@H](NC(=O)[C@H](C)NC(=O)[C@H](CCC(=O)O)NC(=O)[C@H](CC(=O)O)NC(=O)[C@H](CC(=O)O)NC(=O)[C@@H](NC(=O)[C@H](CCC(=O)O)NC(=O)[C@@H]1CCCN1C(=O)[C@@H](NC(=O)[C@H](CCCN=C(N)N)NC(=O)[C@@H](NC(=O)[C@H](CC(C)C)NC(=O)[C@H](CS)NC(=O)[C@H](CCC(N)=O)NC(=O)[C@@H](N)CS)C(C)C)[C@@H](C)O)C(C)C)C(=O)O. The van der Waals surface area contributed by atoms with Gasteiger partial charge in [-0.2, -0.15) is 25.3 Å². The maximum Gasteiger partial charge on any atom is 0.326 e. The maximum atomic E-state index is 14.6. The van der Waals surface area contributed by atoms with E-state index in [9.17, 15) is 127 Å². The molecular formula is C69H115N19O26S2. The van der Waals surface area contributed by atoms with E-state index in [0.717, 1.165) is 18.7 Å². The third kappa shape index (κ3) is 37.7. The number of nitrogens with zero attached hydrogens (tertiary/aromatic N) is 2. The molecular weight excluding hydrogens is 1570 g/mol. The summed E-state index contributed by atoms with van der Waals surface area (Å²) in [5, 5.41) is 89.8. The van der Waals surface area contributed by atoms with Crippen LogP contribution in [0.4, 0.5) is 0 Å². The minimum Gasteiger partial charge on any atom is -0.481 e. The van der Waals surface area contributed by atoms with Gasteiger partial charge in [-0.15, -0.1) is 0 Å². The Kier molecular flexibility index (Phi) is 45.7. The average molecular weight is 1690 g/mol. The second-order valence-corrected chi connectivity index (χ2v) is 30.0. The molecule has 0 bridgehead atoms. The number of hydrogen-bond donors (Lipinski definition) is 25. The maximum absolute atomic E-state index is 14.6. The lowest BCUT2D eigenvalue weighted by Gasteiger charge is -2.32. The molecule has 15 amide bonds. The number of nitrogens with two attached hydrogens (primary N) is 4. The first-order chi connectivity index (χ1) is 54.0. The molecule has 0 aromatic rings. The zero-order valence-electron chi connectivity index (χ0n) is 66.2. The summed E-state index contributed by atoms with van der Waals surface area (Å²) >= 11 is 8.19. The fourth-order valence-electron chi connectivity index (χ4n) is 11.4. The number of amides is 15. The molecule has 1 fully saturated rings. The number of likely N-dealkylation sites (tertiary alicyclic amines) is 1. The Bertz CT molecular complexity index is 3530. The number of aliphatic hydroxyl groups excluding tert-OH is 1. The molecule has 654 valence electrons. The first kappa shape index (κ1) is 103. The summed E-state index contributed by atoms with van der Waals surface area (Å²) < 4.78 is 0. The van der Waals surface area contributed by atoms with Gasteiger partial charge in [0.2, 0.25) is 88.6 Å². The van der Waals surface area contributed by atoms with Crippen molar-refractivity contribution in [3.8, 4) is 0 Å². The average Bonchev–Trinajstić information content (AvgIpc) is 1.61. The molecule has 16 atom stereocenters. The standard InChI is InChI=1S/C69H115N19O26S2/c1-29(2)23-40(80-63(108)44(28-116)84-57(102)37(15-18-46(71)90)76-55(100)35(70)27-115)62(107)86-51(31(5)6)65(110)79-36(13-11-21-74-69(72)73)58(103)87-53(34(10)89)67(112)88-22-12-14-45(88)64(109)78-39(17-20-48(93)94)59(104)85-52(32(7)8)66(111)82-42(26-50(97)98)61(106)81-41(25-49(95)96)60(105)77-38(16-19-47(91)92)56(101)75-33(9)54(99)83-43(68(113)114)24-30(3)4/h29-45,51-53,89,115-116H,11-28,70H2,1-10H3,(H2,71,90)(H,75,101)(H,76,100)(H,77,105)(H,78,109)(H,79,110)(H,80,108)(H,81,106)(H,82,111)(H,83,99)(H,84,102)(H,85,104)(H,86,107)(H,87,103)(H,91,92)(H,93,94)(H,95,96)(H,97,98)(H,113,114)(H4,72,73,74)/t33-,34+,35-,36-,37-,38-,39-,40-,41-,42-,43-,44-,45-,51-,52-,53-/m0/s1. The summed E-state index contributed by atoms with van der Waals surface area (Å²) in [7, 11) is 0. The van der Waals surface area contributed by atoms with Crippen molar-refractivity contribution in [2.75, 3.05) is 24.6 Å². The zero-order chi connectivity index (χ0) is 88.9. The largest absolute Gasteiger partial charge is 0.481 e. The zero-order valence-corrected chi connectivity index (χ0v) is 68.0. The van der Waals surface area contributed by atoms with Gasteiger partial charge in [-0.3, -0.25) is 96.1 Å². The number of thiol groups is 2. The summed E-state index contributed by atoms with van der Waals surface area (Å²) in [5.41, 5.74) is 22.1. The van der Waals surface area contributed by atoms with Crippen molar-refractivity contribution in [2.24, 2.45) is 51.6 Å². The van der Waals surface area contributed by atoms with Gasteiger partial charge in [0.25, 0.3) is 0 Å². The van der Waals surface area contributed by atoms with Gasteiger partial charge in [-0.05, 0) is 95.3 Å². The van der Waals surface area contributed by atoms with Crippen molar-refractivity contribution in [1.29, 1.82) is 0 Å². The Balaban J connectivity index is 3.63. The van der Waals surface area contributed by atoms with Crippen LogP contribution in [0.3, 0.4) is 0 Å². The number of nitrogens with one attached hydrogen (secondary N) is 13. The van der Waals surface area contributed by atoms with Gasteiger partial charge < -0.3 is 128 Å². The van der Waals surface area contributed by atoms with Gasteiger partial charge >= 0.3 is 29.8 Å². The number of carboxylic acids is 5. The van der Waals surface area contributed by atoms with Gasteiger partial charge in [-0.25, -0.2) is 4.79 Å². The normalized spacial score (nSPS) is 16.4. The highest BCUT2D eigenvalue weighted by molar-refractivity contribution is 7.80. The highest BCUT2D eigenvalue weighted by Gasteiger charge is 2.44. The predicted octanol–water partition coefficient (Wildman–Crippen LogP) is -7.65. The first-order valence-electron chi connectivity index (χ1n) is 37.3. The second kappa shape index (κ2) is 51.3. The van der Waals surface area contributed by atoms with E-state index in [1.165, 1.54) is 27.7 Å². The van der Waals surface area contributed by atoms with Crippen molar-refractivity contribution in [2.45, 2.75) is 256 Å². The van der Waals surface area contributed by atoms with Crippen LogP contribution in [0.15, 0.2) is 4.99 Å². The van der Waals surface area contributed by atoms with Crippen LogP contribution in [0.1, 0.15) is 159 Å². The topological polar surface area (TPSA) is 739 Å². The quantitative estimate of drug-likeness (QED) is 0.0116. The number of guanidine groups is 1. The predicted molar refractivity (Wildman–Crippen MR) is 416 cm³/mol. The fourth-order valence-corrected chi connectivity index (χ4v) is 11.8. The number of primary amides is 1. The molecule has 0 aromatic carbocycles. The summed E-state index contributed by atoms with van der Waals surface area (Å²) in [5.74, 6) is -27.6. The molecule has 1 heterocycles. The lowest BCUT2D eigenvalue weighted by atomic mass is 9.99. The Morgan fingerprint density at radius 3 is 1.22 bits per heavy atom. The highest BCUT2D eigenvalue weighted by Crippen LogP contribution is 2.22. The van der Waals surface area contributed by atoms with Gasteiger partial charge in [-0.1, -0.05) is 55.4 Å². The van der Waals surface area contributed by atoms with Gasteiger partial charge in [0, 0.05) is 43.9 Å². The van der Waals surface area contributed by atoms with Crippen LogP contribution >= 0.6 is 25.3 Å².